The summed E-state index contributed by atoms with van der Waals surface area (Å²) in [6.07, 6.45) is 2.50. The summed E-state index contributed by atoms with van der Waals surface area (Å²) in [5, 5.41) is 3.50. The van der Waals surface area contributed by atoms with Crippen molar-refractivity contribution in [2.75, 3.05) is 39.8 Å². The molecule has 0 bridgehead atoms. The molecule has 0 aromatic rings. The van der Waals surface area contributed by atoms with Crippen molar-refractivity contribution in [3.63, 3.8) is 0 Å². The Morgan fingerprint density at radius 1 is 1.24 bits per heavy atom. The van der Waals surface area contributed by atoms with Crippen molar-refractivity contribution in [3.05, 3.63) is 0 Å². The Balaban J connectivity index is 2.30. The number of hydrogen-bond acceptors (Lipinski definition) is 3. The van der Waals surface area contributed by atoms with Gasteiger partial charge in [-0.15, -0.1) is 0 Å². The van der Waals surface area contributed by atoms with Gasteiger partial charge in [-0.2, -0.15) is 0 Å². The molecule has 102 valence electrons. The zero-order valence-corrected chi connectivity index (χ0v) is 12.4. The molecular formula is C14H31N3. The predicted molar refractivity (Wildman–Crippen MR) is 75.5 cm³/mol. The second kappa shape index (κ2) is 6.72. The molecule has 1 fully saturated rings. The first-order chi connectivity index (χ1) is 7.97. The van der Waals surface area contributed by atoms with Gasteiger partial charge in [0.1, 0.15) is 0 Å². The van der Waals surface area contributed by atoms with Crippen molar-refractivity contribution >= 4 is 0 Å². The maximum atomic E-state index is 3.50. The third kappa shape index (κ3) is 4.57. The first-order valence-corrected chi connectivity index (χ1v) is 7.13. The average molecular weight is 241 g/mol. The van der Waals surface area contributed by atoms with Crippen molar-refractivity contribution in [1.82, 2.24) is 15.1 Å². The van der Waals surface area contributed by atoms with E-state index in [9.17, 15) is 0 Å². The van der Waals surface area contributed by atoms with Crippen LogP contribution in [0.3, 0.4) is 0 Å². The summed E-state index contributed by atoms with van der Waals surface area (Å²) in [4.78, 5) is 5.12. The molecule has 0 aromatic carbocycles. The summed E-state index contributed by atoms with van der Waals surface area (Å²) in [6, 6.07) is 0.701. The third-order valence-corrected chi connectivity index (χ3v) is 4.14. The second-order valence-electron chi connectivity index (χ2n) is 6.09. The van der Waals surface area contributed by atoms with Gasteiger partial charge in [-0.3, -0.25) is 9.80 Å². The summed E-state index contributed by atoms with van der Waals surface area (Å²) in [5.74, 6) is 0. The molecule has 1 aliphatic rings. The van der Waals surface area contributed by atoms with Crippen molar-refractivity contribution in [3.8, 4) is 0 Å². The maximum absolute atomic E-state index is 3.50. The molecule has 3 heteroatoms. The van der Waals surface area contributed by atoms with E-state index < -0.39 is 0 Å². The number of likely N-dealkylation sites (N-methyl/N-ethyl adjacent to an activating group) is 1. The number of nitrogens with zero attached hydrogens (tertiary/aromatic N) is 2. The average Bonchev–Trinajstić information content (AvgIpc) is 2.28. The van der Waals surface area contributed by atoms with Crippen LogP contribution in [0.1, 0.15) is 40.5 Å². The molecule has 0 aromatic heterocycles. The number of piperazine rings is 1. The molecule has 1 heterocycles. The molecule has 3 nitrogen and oxygen atoms in total. The van der Waals surface area contributed by atoms with Gasteiger partial charge in [0.15, 0.2) is 0 Å². The van der Waals surface area contributed by atoms with Gasteiger partial charge in [-0.1, -0.05) is 6.92 Å². The summed E-state index contributed by atoms with van der Waals surface area (Å²) >= 11 is 0. The van der Waals surface area contributed by atoms with E-state index in [4.69, 9.17) is 0 Å². The van der Waals surface area contributed by atoms with Crippen LogP contribution in [0.4, 0.5) is 0 Å². The molecule has 1 atom stereocenters. The number of nitrogens with one attached hydrogen (secondary N) is 1. The first-order valence-electron chi connectivity index (χ1n) is 7.13. The van der Waals surface area contributed by atoms with Crippen LogP contribution in [-0.4, -0.2) is 61.2 Å². The van der Waals surface area contributed by atoms with E-state index in [1.165, 1.54) is 32.5 Å². The van der Waals surface area contributed by atoms with Crippen LogP contribution in [0, 0.1) is 0 Å². The van der Waals surface area contributed by atoms with Gasteiger partial charge >= 0.3 is 0 Å². The lowest BCUT2D eigenvalue weighted by Gasteiger charge is -2.47. The Morgan fingerprint density at radius 3 is 2.53 bits per heavy atom. The molecule has 0 spiro atoms. The highest BCUT2D eigenvalue weighted by atomic mass is 15.3. The zero-order valence-electron chi connectivity index (χ0n) is 12.4. The van der Waals surface area contributed by atoms with Crippen LogP contribution >= 0.6 is 0 Å². The molecule has 1 aliphatic heterocycles. The number of hydrogen-bond donors (Lipinski definition) is 1. The van der Waals surface area contributed by atoms with E-state index in [1.807, 2.05) is 0 Å². The predicted octanol–water partition coefficient (Wildman–Crippen LogP) is 1.79. The van der Waals surface area contributed by atoms with E-state index in [2.05, 4.69) is 49.9 Å². The fourth-order valence-corrected chi connectivity index (χ4v) is 2.45. The van der Waals surface area contributed by atoms with E-state index in [0.29, 0.717) is 11.6 Å². The SMILES string of the molecule is CCCNCCC(C)N1CCN(C)C(C)(C)C1. The Hall–Kier alpha value is -0.120. The van der Waals surface area contributed by atoms with Crippen LogP contribution in [0.5, 0.6) is 0 Å². The van der Waals surface area contributed by atoms with Gasteiger partial charge < -0.3 is 5.32 Å². The molecule has 1 unspecified atom stereocenters. The summed E-state index contributed by atoms with van der Waals surface area (Å²) in [6.45, 7) is 15.2. The topological polar surface area (TPSA) is 18.5 Å². The van der Waals surface area contributed by atoms with Crippen LogP contribution in [0.2, 0.25) is 0 Å². The lowest BCUT2D eigenvalue weighted by Crippen LogP contribution is -2.59. The van der Waals surface area contributed by atoms with Gasteiger partial charge in [-0.05, 0) is 53.8 Å². The summed E-state index contributed by atoms with van der Waals surface area (Å²) in [5.41, 5.74) is 0.323. The molecule has 1 rings (SSSR count). The minimum Gasteiger partial charge on any atom is -0.317 e. The Bertz CT molecular complexity index is 216. The number of rotatable bonds is 6. The van der Waals surface area contributed by atoms with Gasteiger partial charge in [-0.25, -0.2) is 0 Å². The van der Waals surface area contributed by atoms with E-state index in [0.717, 1.165) is 13.1 Å². The molecule has 0 radical (unpaired) electrons. The van der Waals surface area contributed by atoms with E-state index >= 15 is 0 Å². The highest BCUT2D eigenvalue weighted by molar-refractivity contribution is 4.89. The summed E-state index contributed by atoms with van der Waals surface area (Å²) in [7, 11) is 2.24. The van der Waals surface area contributed by atoms with Crippen LogP contribution in [-0.2, 0) is 0 Å². The van der Waals surface area contributed by atoms with Gasteiger partial charge in [0.05, 0.1) is 0 Å². The van der Waals surface area contributed by atoms with Gasteiger partial charge in [0.2, 0.25) is 0 Å². The Labute approximate surface area is 108 Å². The quantitative estimate of drug-likeness (QED) is 0.715. The Morgan fingerprint density at radius 2 is 1.94 bits per heavy atom. The van der Waals surface area contributed by atoms with Gasteiger partial charge in [0, 0.05) is 31.2 Å². The molecule has 0 saturated carbocycles. The summed E-state index contributed by atoms with van der Waals surface area (Å²) < 4.78 is 0. The smallest absolute Gasteiger partial charge is 0.0277 e. The molecule has 1 N–H and O–H groups in total. The van der Waals surface area contributed by atoms with Gasteiger partial charge in [0.25, 0.3) is 0 Å². The minimum absolute atomic E-state index is 0.323. The van der Waals surface area contributed by atoms with Crippen molar-refractivity contribution in [2.45, 2.75) is 52.1 Å². The second-order valence-corrected chi connectivity index (χ2v) is 6.09. The third-order valence-electron chi connectivity index (χ3n) is 4.14. The fourth-order valence-electron chi connectivity index (χ4n) is 2.45. The minimum atomic E-state index is 0.323. The molecule has 1 saturated heterocycles. The standard InChI is InChI=1S/C14H31N3/c1-6-8-15-9-7-13(2)17-11-10-16(5)14(3,4)12-17/h13,15H,6-12H2,1-5H3. The molecule has 0 aliphatic carbocycles. The van der Waals surface area contributed by atoms with E-state index in [1.54, 1.807) is 0 Å². The maximum Gasteiger partial charge on any atom is 0.0277 e. The van der Waals surface area contributed by atoms with Crippen LogP contribution in [0.25, 0.3) is 0 Å². The monoisotopic (exact) mass is 241 g/mol. The van der Waals surface area contributed by atoms with Crippen LogP contribution in [0.15, 0.2) is 0 Å². The van der Waals surface area contributed by atoms with Crippen molar-refractivity contribution in [1.29, 1.82) is 0 Å². The Kier molecular flexibility index (Phi) is 5.90. The lowest BCUT2D eigenvalue weighted by atomic mass is 9.98. The lowest BCUT2D eigenvalue weighted by molar-refractivity contribution is 0.0189. The van der Waals surface area contributed by atoms with Crippen molar-refractivity contribution in [2.24, 2.45) is 0 Å². The molecule has 0 amide bonds. The highest BCUT2D eigenvalue weighted by Crippen LogP contribution is 2.21. The normalized spacial score (nSPS) is 23.8. The molecule has 17 heavy (non-hydrogen) atoms. The highest BCUT2D eigenvalue weighted by Gasteiger charge is 2.32. The fraction of sp³-hybridized carbons (Fsp3) is 1.00. The zero-order chi connectivity index (χ0) is 12.9. The molecular weight excluding hydrogens is 210 g/mol. The van der Waals surface area contributed by atoms with E-state index in [-0.39, 0.29) is 0 Å². The van der Waals surface area contributed by atoms with Crippen molar-refractivity contribution < 1.29 is 0 Å². The largest absolute Gasteiger partial charge is 0.317 e. The first kappa shape index (κ1) is 14.9. The van der Waals surface area contributed by atoms with Crippen LogP contribution < -0.4 is 5.32 Å².